The van der Waals surface area contributed by atoms with Gasteiger partial charge in [0.15, 0.2) is 0 Å². The monoisotopic (exact) mass is 383 g/mol. The van der Waals surface area contributed by atoms with E-state index in [1.54, 1.807) is 24.3 Å². The first-order valence-electron chi connectivity index (χ1n) is 8.32. The summed E-state index contributed by atoms with van der Waals surface area (Å²) < 4.78 is 5.27. The van der Waals surface area contributed by atoms with Crippen LogP contribution in [0.25, 0.3) is 0 Å². The normalized spacial score (nSPS) is 17.8. The van der Waals surface area contributed by atoms with Crippen LogP contribution >= 0.6 is 11.6 Å². The number of benzene rings is 1. The van der Waals surface area contributed by atoms with E-state index in [2.05, 4.69) is 16.0 Å². The van der Waals surface area contributed by atoms with E-state index >= 15 is 0 Å². The minimum Gasteiger partial charge on any atom is -0.480 e. The summed E-state index contributed by atoms with van der Waals surface area (Å²) in [6.07, 6.45) is 1.43. The summed E-state index contributed by atoms with van der Waals surface area (Å²) in [5.41, 5.74) is 0.859. The highest BCUT2D eigenvalue weighted by molar-refractivity contribution is 6.30. The number of halogens is 1. The molecular weight excluding hydrogens is 362 g/mol. The molecule has 26 heavy (non-hydrogen) atoms. The van der Waals surface area contributed by atoms with E-state index in [0.717, 1.165) is 12.0 Å². The fourth-order valence-corrected chi connectivity index (χ4v) is 2.77. The van der Waals surface area contributed by atoms with Crippen molar-refractivity contribution >= 4 is 29.5 Å². The maximum atomic E-state index is 11.9. The number of amides is 3. The highest BCUT2D eigenvalue weighted by atomic mass is 35.5. The molecule has 2 rings (SSSR count). The Balaban J connectivity index is 1.73. The van der Waals surface area contributed by atoms with E-state index in [-0.39, 0.29) is 19.0 Å². The van der Waals surface area contributed by atoms with E-state index in [4.69, 9.17) is 16.3 Å². The van der Waals surface area contributed by atoms with Crippen LogP contribution < -0.4 is 16.0 Å². The lowest BCUT2D eigenvalue weighted by atomic mass is 9.93. The van der Waals surface area contributed by atoms with E-state index in [1.165, 1.54) is 0 Å². The number of carboxylic acid groups (broad SMARTS) is 1. The smallest absolute Gasteiger partial charge is 0.326 e. The summed E-state index contributed by atoms with van der Waals surface area (Å²) in [5, 5.41) is 17.4. The average Bonchev–Trinajstić information content (AvgIpc) is 2.64. The molecule has 3 amide bonds. The fourth-order valence-electron chi connectivity index (χ4n) is 2.64. The minimum absolute atomic E-state index is 0.274. The molecule has 9 heteroatoms. The predicted molar refractivity (Wildman–Crippen MR) is 94.8 cm³/mol. The summed E-state index contributed by atoms with van der Waals surface area (Å²) >= 11 is 5.78. The van der Waals surface area contributed by atoms with Crippen molar-refractivity contribution in [1.82, 2.24) is 16.0 Å². The number of aliphatic carboxylic acids is 1. The Bertz CT molecular complexity index is 632. The molecule has 0 aromatic heterocycles. The lowest BCUT2D eigenvalue weighted by Gasteiger charge is -2.28. The molecule has 1 aromatic rings. The molecule has 1 aromatic carbocycles. The van der Waals surface area contributed by atoms with Crippen LogP contribution in [0.5, 0.6) is 0 Å². The van der Waals surface area contributed by atoms with Gasteiger partial charge in [-0.1, -0.05) is 23.7 Å². The second-order valence-corrected chi connectivity index (χ2v) is 6.46. The van der Waals surface area contributed by atoms with Crippen molar-refractivity contribution in [3.63, 3.8) is 0 Å². The third-order valence-corrected chi connectivity index (χ3v) is 4.28. The zero-order valence-electron chi connectivity index (χ0n) is 14.2. The van der Waals surface area contributed by atoms with Crippen molar-refractivity contribution in [2.75, 3.05) is 19.8 Å². The molecule has 0 radical (unpaired) electrons. The summed E-state index contributed by atoms with van der Waals surface area (Å²) in [5.74, 6) is -1.95. The molecule has 1 aliphatic heterocycles. The van der Waals surface area contributed by atoms with E-state index in [9.17, 15) is 19.5 Å². The van der Waals surface area contributed by atoms with Gasteiger partial charge in [-0.05, 0) is 30.5 Å². The zero-order valence-corrected chi connectivity index (χ0v) is 14.9. The van der Waals surface area contributed by atoms with Crippen molar-refractivity contribution in [2.45, 2.75) is 25.4 Å². The van der Waals surface area contributed by atoms with Gasteiger partial charge in [-0.25, -0.2) is 9.59 Å². The predicted octanol–water partition coefficient (Wildman–Crippen LogP) is 1.14. The van der Waals surface area contributed by atoms with Gasteiger partial charge in [0.05, 0.1) is 13.2 Å². The number of carbonyl (C=O) groups is 3. The van der Waals surface area contributed by atoms with E-state index in [1.807, 2.05) is 0 Å². The Morgan fingerprint density at radius 1 is 1.23 bits per heavy atom. The van der Waals surface area contributed by atoms with Crippen LogP contribution in [0.1, 0.15) is 18.4 Å². The zero-order chi connectivity index (χ0) is 18.9. The van der Waals surface area contributed by atoms with Crippen LogP contribution in [0.15, 0.2) is 24.3 Å². The van der Waals surface area contributed by atoms with Crippen LogP contribution in [0.3, 0.4) is 0 Å². The Morgan fingerprint density at radius 2 is 1.96 bits per heavy atom. The van der Waals surface area contributed by atoms with Crippen molar-refractivity contribution in [3.05, 3.63) is 34.9 Å². The van der Waals surface area contributed by atoms with Gasteiger partial charge < -0.3 is 25.8 Å². The quantitative estimate of drug-likeness (QED) is 0.563. The molecule has 142 valence electrons. The van der Waals surface area contributed by atoms with Crippen LogP contribution in [0.2, 0.25) is 5.02 Å². The SMILES string of the molecule is O=C(CNC(=O)NCc1ccc(Cl)cc1)NC(C(=O)O)C1CCCOC1. The third-order valence-electron chi connectivity index (χ3n) is 4.03. The first kappa shape index (κ1) is 20.0. The van der Waals surface area contributed by atoms with Gasteiger partial charge in [0.2, 0.25) is 5.91 Å². The van der Waals surface area contributed by atoms with Crippen LogP contribution in [0, 0.1) is 5.92 Å². The molecular formula is C17H22ClN3O5. The summed E-state index contributed by atoms with van der Waals surface area (Å²) in [6, 6.07) is 5.43. The van der Waals surface area contributed by atoms with Gasteiger partial charge in [-0.3, -0.25) is 4.79 Å². The molecule has 2 unspecified atom stereocenters. The number of ether oxygens (including phenoxy) is 1. The molecule has 0 bridgehead atoms. The average molecular weight is 384 g/mol. The number of hydrogen-bond donors (Lipinski definition) is 4. The van der Waals surface area contributed by atoms with Crippen LogP contribution in [0.4, 0.5) is 4.79 Å². The van der Waals surface area contributed by atoms with Gasteiger partial charge >= 0.3 is 12.0 Å². The Labute approximate surface area is 156 Å². The second kappa shape index (κ2) is 9.98. The second-order valence-electron chi connectivity index (χ2n) is 6.02. The molecule has 8 nitrogen and oxygen atoms in total. The lowest BCUT2D eigenvalue weighted by Crippen LogP contribution is -2.51. The van der Waals surface area contributed by atoms with Crippen molar-refractivity contribution < 1.29 is 24.2 Å². The number of carbonyl (C=O) groups excluding carboxylic acids is 2. The van der Waals surface area contributed by atoms with Crippen LogP contribution in [-0.2, 0) is 20.9 Å². The van der Waals surface area contributed by atoms with Crippen molar-refractivity contribution in [2.24, 2.45) is 5.92 Å². The standard InChI is InChI=1S/C17H22ClN3O5/c18-13-5-3-11(4-6-13)8-19-17(25)20-9-14(22)21-15(16(23)24)12-2-1-7-26-10-12/h3-6,12,15H,1-2,7-10H2,(H,21,22)(H,23,24)(H2,19,20,25). The Kier molecular flexibility index (Phi) is 7.68. The number of urea groups is 1. The topological polar surface area (TPSA) is 117 Å². The lowest BCUT2D eigenvalue weighted by molar-refractivity contribution is -0.145. The summed E-state index contributed by atoms with van der Waals surface area (Å²) in [6.45, 7) is 0.865. The molecule has 1 fully saturated rings. The van der Waals surface area contributed by atoms with E-state index < -0.39 is 23.9 Å². The van der Waals surface area contributed by atoms with Crippen molar-refractivity contribution in [1.29, 1.82) is 0 Å². The summed E-state index contributed by atoms with van der Waals surface area (Å²) in [7, 11) is 0. The first-order valence-corrected chi connectivity index (χ1v) is 8.69. The van der Waals surface area contributed by atoms with E-state index in [0.29, 0.717) is 24.7 Å². The number of rotatable bonds is 7. The number of nitrogens with one attached hydrogen (secondary N) is 3. The molecule has 1 saturated heterocycles. The minimum atomic E-state index is -1.11. The number of hydrogen-bond acceptors (Lipinski definition) is 4. The summed E-state index contributed by atoms with van der Waals surface area (Å²) in [4.78, 5) is 35.1. The number of carboxylic acids is 1. The molecule has 0 saturated carbocycles. The third kappa shape index (κ3) is 6.53. The van der Waals surface area contributed by atoms with Gasteiger partial charge in [-0.15, -0.1) is 0 Å². The molecule has 0 spiro atoms. The Morgan fingerprint density at radius 3 is 2.58 bits per heavy atom. The molecule has 2 atom stereocenters. The van der Waals surface area contributed by atoms with Crippen molar-refractivity contribution in [3.8, 4) is 0 Å². The highest BCUT2D eigenvalue weighted by Gasteiger charge is 2.31. The molecule has 0 aliphatic carbocycles. The maximum Gasteiger partial charge on any atom is 0.326 e. The fraction of sp³-hybridized carbons (Fsp3) is 0.471. The van der Waals surface area contributed by atoms with Crippen LogP contribution in [-0.4, -0.2) is 48.8 Å². The first-order chi connectivity index (χ1) is 12.5. The van der Waals surface area contributed by atoms with Gasteiger partial charge in [0, 0.05) is 24.1 Å². The van der Waals surface area contributed by atoms with Gasteiger partial charge in [0.25, 0.3) is 0 Å². The molecule has 4 N–H and O–H groups in total. The Hall–Kier alpha value is -2.32. The molecule has 1 aliphatic rings. The van der Waals surface area contributed by atoms with Gasteiger partial charge in [0.1, 0.15) is 6.04 Å². The highest BCUT2D eigenvalue weighted by Crippen LogP contribution is 2.17. The maximum absolute atomic E-state index is 11.9. The van der Waals surface area contributed by atoms with Gasteiger partial charge in [-0.2, -0.15) is 0 Å². The molecule has 1 heterocycles. The largest absolute Gasteiger partial charge is 0.480 e.